The number of rotatable bonds is 3. The normalized spacial score (nSPS) is 14.4. The van der Waals surface area contributed by atoms with E-state index >= 15 is 0 Å². The highest BCUT2D eigenvalue weighted by molar-refractivity contribution is 5.94. The lowest BCUT2D eigenvalue weighted by Gasteiger charge is -2.34. The second kappa shape index (κ2) is 7.14. The zero-order valence-electron chi connectivity index (χ0n) is 14.9. The maximum atomic E-state index is 13.8. The monoisotopic (exact) mass is 366 g/mol. The van der Waals surface area contributed by atoms with Crippen LogP contribution >= 0.6 is 0 Å². The lowest BCUT2D eigenvalue weighted by molar-refractivity contribution is 0.0745. The average Bonchev–Trinajstić information content (AvgIpc) is 3.20. The summed E-state index contributed by atoms with van der Waals surface area (Å²) >= 11 is 0. The molecule has 1 saturated heterocycles. The first-order valence-electron chi connectivity index (χ1n) is 8.77. The number of hydrogen-bond donors (Lipinski definition) is 0. The van der Waals surface area contributed by atoms with E-state index < -0.39 is 0 Å². The van der Waals surface area contributed by atoms with E-state index in [1.165, 1.54) is 6.07 Å². The minimum absolute atomic E-state index is 0.156. The van der Waals surface area contributed by atoms with Crippen LogP contribution < -0.4 is 4.90 Å². The third kappa shape index (κ3) is 3.38. The zero-order valence-corrected chi connectivity index (χ0v) is 14.9. The van der Waals surface area contributed by atoms with Gasteiger partial charge in [-0.3, -0.25) is 4.79 Å². The first kappa shape index (κ1) is 17.1. The number of carbonyl (C=O) groups is 1. The van der Waals surface area contributed by atoms with Crippen LogP contribution in [0.4, 0.5) is 10.3 Å². The van der Waals surface area contributed by atoms with Crippen LogP contribution in [-0.4, -0.2) is 57.2 Å². The third-order valence-corrected chi connectivity index (χ3v) is 4.72. The van der Waals surface area contributed by atoms with E-state index in [1.807, 2.05) is 35.2 Å². The minimum Gasteiger partial charge on any atom is -0.336 e. The Morgan fingerprint density at radius 2 is 1.78 bits per heavy atom. The summed E-state index contributed by atoms with van der Waals surface area (Å²) in [5.74, 6) is 0.132. The third-order valence-electron chi connectivity index (χ3n) is 4.72. The first-order chi connectivity index (χ1) is 13.1. The van der Waals surface area contributed by atoms with E-state index in [1.54, 1.807) is 28.6 Å². The van der Waals surface area contributed by atoms with Gasteiger partial charge < -0.3 is 9.80 Å². The SMILES string of the molecule is Cc1ccc(C(=O)N2CCN(c3nnnn3-c3ccccc3)CC2)cc1F. The highest BCUT2D eigenvalue weighted by atomic mass is 19.1. The van der Waals surface area contributed by atoms with Gasteiger partial charge in [0.05, 0.1) is 5.69 Å². The van der Waals surface area contributed by atoms with Crippen molar-refractivity contribution in [2.45, 2.75) is 6.92 Å². The number of benzene rings is 2. The maximum absolute atomic E-state index is 13.8. The summed E-state index contributed by atoms with van der Waals surface area (Å²) in [6.45, 7) is 3.94. The molecule has 0 atom stereocenters. The largest absolute Gasteiger partial charge is 0.336 e. The zero-order chi connectivity index (χ0) is 18.8. The van der Waals surface area contributed by atoms with Crippen molar-refractivity contribution in [3.8, 4) is 5.69 Å². The summed E-state index contributed by atoms with van der Waals surface area (Å²) in [5, 5.41) is 12.0. The molecule has 2 aromatic carbocycles. The maximum Gasteiger partial charge on any atom is 0.254 e. The van der Waals surface area contributed by atoms with Crippen molar-refractivity contribution in [2.24, 2.45) is 0 Å². The van der Waals surface area contributed by atoms with Gasteiger partial charge in [0.1, 0.15) is 5.82 Å². The van der Waals surface area contributed by atoms with Crippen molar-refractivity contribution in [3.63, 3.8) is 0 Å². The highest BCUT2D eigenvalue weighted by Gasteiger charge is 2.25. The minimum atomic E-state index is -0.360. The summed E-state index contributed by atoms with van der Waals surface area (Å²) in [6, 6.07) is 14.3. The van der Waals surface area contributed by atoms with E-state index in [2.05, 4.69) is 15.5 Å². The molecule has 0 saturated carbocycles. The molecule has 1 aliphatic rings. The number of aromatic nitrogens is 4. The van der Waals surface area contributed by atoms with Gasteiger partial charge in [-0.15, -0.1) is 0 Å². The number of amides is 1. The molecule has 3 aromatic rings. The number of halogens is 1. The molecule has 1 fully saturated rings. The summed E-state index contributed by atoms with van der Waals surface area (Å²) in [7, 11) is 0. The number of nitrogens with zero attached hydrogens (tertiary/aromatic N) is 6. The molecule has 0 unspecified atom stereocenters. The van der Waals surface area contributed by atoms with E-state index in [0.29, 0.717) is 43.3 Å². The number of piperazine rings is 1. The van der Waals surface area contributed by atoms with E-state index in [4.69, 9.17) is 0 Å². The van der Waals surface area contributed by atoms with Crippen LogP contribution in [0, 0.1) is 12.7 Å². The van der Waals surface area contributed by atoms with Crippen molar-refractivity contribution < 1.29 is 9.18 Å². The highest BCUT2D eigenvalue weighted by Crippen LogP contribution is 2.18. The van der Waals surface area contributed by atoms with Crippen molar-refractivity contribution >= 4 is 11.9 Å². The predicted octanol–water partition coefficient (Wildman–Crippen LogP) is 2.07. The number of carbonyl (C=O) groups excluding carboxylic acids is 1. The van der Waals surface area contributed by atoms with Crippen LogP contribution in [-0.2, 0) is 0 Å². The number of para-hydroxylation sites is 1. The summed E-state index contributed by atoms with van der Waals surface area (Å²) in [5.41, 5.74) is 1.79. The van der Waals surface area contributed by atoms with Crippen LogP contribution in [0.15, 0.2) is 48.5 Å². The van der Waals surface area contributed by atoms with Crippen molar-refractivity contribution in [1.29, 1.82) is 0 Å². The van der Waals surface area contributed by atoms with Crippen molar-refractivity contribution in [1.82, 2.24) is 25.1 Å². The Labute approximate surface area is 156 Å². The number of hydrogen-bond acceptors (Lipinski definition) is 5. The van der Waals surface area contributed by atoms with Gasteiger partial charge in [-0.05, 0) is 47.2 Å². The topological polar surface area (TPSA) is 67.2 Å². The Hall–Kier alpha value is -3.29. The number of aryl methyl sites for hydroxylation is 1. The number of anilines is 1. The fourth-order valence-corrected chi connectivity index (χ4v) is 3.13. The van der Waals surface area contributed by atoms with E-state index in [9.17, 15) is 9.18 Å². The Morgan fingerprint density at radius 3 is 2.48 bits per heavy atom. The molecule has 4 rings (SSSR count). The summed E-state index contributed by atoms with van der Waals surface area (Å²) in [4.78, 5) is 16.4. The van der Waals surface area contributed by atoms with Crippen LogP contribution in [0.1, 0.15) is 15.9 Å². The molecule has 0 bridgehead atoms. The lowest BCUT2D eigenvalue weighted by atomic mass is 10.1. The Kier molecular flexibility index (Phi) is 4.53. The molecule has 0 N–H and O–H groups in total. The molecule has 7 nitrogen and oxygen atoms in total. The molecule has 1 amide bonds. The van der Waals surface area contributed by atoms with Gasteiger partial charge in [0.15, 0.2) is 0 Å². The second-order valence-corrected chi connectivity index (χ2v) is 6.47. The molecule has 0 radical (unpaired) electrons. The molecule has 2 heterocycles. The van der Waals surface area contributed by atoms with Gasteiger partial charge in [-0.25, -0.2) is 4.39 Å². The Morgan fingerprint density at radius 1 is 1.04 bits per heavy atom. The van der Waals surface area contributed by atoms with Gasteiger partial charge in [-0.1, -0.05) is 29.4 Å². The van der Waals surface area contributed by atoms with Gasteiger partial charge >= 0.3 is 0 Å². The van der Waals surface area contributed by atoms with Crippen molar-refractivity contribution in [3.05, 3.63) is 65.5 Å². The predicted molar refractivity (Wildman–Crippen MR) is 98.4 cm³/mol. The van der Waals surface area contributed by atoms with E-state index in [0.717, 1.165) is 5.69 Å². The van der Waals surface area contributed by atoms with Gasteiger partial charge in [-0.2, -0.15) is 4.68 Å². The standard InChI is InChI=1S/C19H19FN6O/c1-14-7-8-15(13-17(14)20)18(27)24-9-11-25(12-10-24)19-21-22-23-26(19)16-5-3-2-4-6-16/h2-8,13H,9-12H2,1H3. The Balaban J connectivity index is 1.46. The molecule has 1 aliphatic heterocycles. The molecular formula is C19H19FN6O. The molecule has 27 heavy (non-hydrogen) atoms. The number of tetrazole rings is 1. The van der Waals surface area contributed by atoms with Crippen LogP contribution in [0.5, 0.6) is 0 Å². The lowest BCUT2D eigenvalue weighted by Crippen LogP contribution is -2.49. The summed E-state index contributed by atoms with van der Waals surface area (Å²) < 4.78 is 15.4. The fraction of sp³-hybridized carbons (Fsp3) is 0.263. The average molecular weight is 366 g/mol. The van der Waals surface area contributed by atoms with Crippen LogP contribution in [0.25, 0.3) is 5.69 Å². The summed E-state index contributed by atoms with van der Waals surface area (Å²) in [6.07, 6.45) is 0. The molecule has 0 spiro atoms. The Bertz CT molecular complexity index is 950. The van der Waals surface area contributed by atoms with E-state index in [-0.39, 0.29) is 11.7 Å². The molecule has 8 heteroatoms. The van der Waals surface area contributed by atoms with Crippen molar-refractivity contribution in [2.75, 3.05) is 31.1 Å². The molecule has 0 aliphatic carbocycles. The smallest absolute Gasteiger partial charge is 0.254 e. The van der Waals surface area contributed by atoms with Crippen LogP contribution in [0.3, 0.4) is 0 Å². The molecular weight excluding hydrogens is 347 g/mol. The fourth-order valence-electron chi connectivity index (χ4n) is 3.13. The molecule has 1 aromatic heterocycles. The van der Waals surface area contributed by atoms with Gasteiger partial charge in [0, 0.05) is 31.7 Å². The molecule has 138 valence electrons. The van der Waals surface area contributed by atoms with Gasteiger partial charge in [0.25, 0.3) is 5.91 Å². The van der Waals surface area contributed by atoms with Crippen LogP contribution in [0.2, 0.25) is 0 Å². The van der Waals surface area contributed by atoms with Gasteiger partial charge in [0.2, 0.25) is 5.95 Å². The second-order valence-electron chi connectivity index (χ2n) is 6.47. The quantitative estimate of drug-likeness (QED) is 0.710. The first-order valence-corrected chi connectivity index (χ1v) is 8.77.